The van der Waals surface area contributed by atoms with Gasteiger partial charge in [0.1, 0.15) is 0 Å². The van der Waals surface area contributed by atoms with Crippen LogP contribution >= 0.6 is 0 Å². The van der Waals surface area contributed by atoms with Gasteiger partial charge >= 0.3 is 5.97 Å². The summed E-state index contributed by atoms with van der Waals surface area (Å²) in [6, 6.07) is 0.122. The second kappa shape index (κ2) is 6.19. The van der Waals surface area contributed by atoms with E-state index in [4.69, 9.17) is 0 Å². The summed E-state index contributed by atoms with van der Waals surface area (Å²) in [4.78, 5) is 17.8. The highest BCUT2D eigenvalue weighted by Gasteiger charge is 2.18. The Hall–Kier alpha value is -1.36. The Kier molecular flexibility index (Phi) is 4.58. The van der Waals surface area contributed by atoms with Crippen LogP contribution in [-0.4, -0.2) is 38.6 Å². The minimum absolute atomic E-state index is 0.122. The Morgan fingerprint density at radius 2 is 1.95 bits per heavy atom. The first-order chi connectivity index (χ1) is 9.08. The molecule has 2 rings (SSSR count). The monoisotopic (exact) mass is 265 g/mol. The van der Waals surface area contributed by atoms with E-state index >= 15 is 0 Å². The van der Waals surface area contributed by atoms with Gasteiger partial charge in [-0.05, 0) is 39.8 Å². The number of imidazole rings is 1. The number of carboxylic acid groups (broad SMARTS) is 1. The van der Waals surface area contributed by atoms with E-state index in [1.54, 1.807) is 4.57 Å². The maximum Gasteiger partial charge on any atom is 0.372 e. The molecule has 0 atom stereocenters. The molecule has 1 aromatic heterocycles. The third kappa shape index (κ3) is 3.56. The molecular formula is C14H23N3O2. The predicted molar refractivity (Wildman–Crippen MR) is 73.3 cm³/mol. The molecule has 0 aliphatic carbocycles. The molecule has 0 unspecified atom stereocenters. The third-order valence-electron chi connectivity index (χ3n) is 3.61. The molecule has 0 bridgehead atoms. The quantitative estimate of drug-likeness (QED) is 0.909. The van der Waals surface area contributed by atoms with Crippen molar-refractivity contribution in [3.8, 4) is 0 Å². The van der Waals surface area contributed by atoms with E-state index in [1.165, 1.54) is 25.7 Å². The Morgan fingerprint density at radius 3 is 2.42 bits per heavy atom. The zero-order valence-corrected chi connectivity index (χ0v) is 11.8. The summed E-state index contributed by atoms with van der Waals surface area (Å²) in [6.45, 7) is 6.90. The fraction of sp³-hybridized carbons (Fsp3) is 0.714. The largest absolute Gasteiger partial charge is 0.475 e. The van der Waals surface area contributed by atoms with Crippen LogP contribution in [0.15, 0.2) is 6.20 Å². The van der Waals surface area contributed by atoms with Gasteiger partial charge in [0.25, 0.3) is 0 Å². The Labute approximate surface area is 114 Å². The summed E-state index contributed by atoms with van der Waals surface area (Å²) >= 11 is 0. The predicted octanol–water partition coefficient (Wildman–Crippen LogP) is 2.54. The summed E-state index contributed by atoms with van der Waals surface area (Å²) in [5, 5.41) is 9.18. The van der Waals surface area contributed by atoms with Crippen LogP contribution in [-0.2, 0) is 6.54 Å². The van der Waals surface area contributed by atoms with Gasteiger partial charge in [-0.15, -0.1) is 0 Å². The van der Waals surface area contributed by atoms with E-state index < -0.39 is 5.97 Å². The van der Waals surface area contributed by atoms with E-state index in [2.05, 4.69) is 9.88 Å². The first-order valence-electron chi connectivity index (χ1n) is 7.11. The molecule has 1 aromatic rings. The van der Waals surface area contributed by atoms with Crippen LogP contribution in [0.1, 0.15) is 61.9 Å². The minimum atomic E-state index is -0.948. The maximum atomic E-state index is 11.2. The number of rotatable bonds is 4. The Balaban J connectivity index is 2.11. The lowest BCUT2D eigenvalue weighted by Gasteiger charge is -2.18. The molecule has 0 radical (unpaired) electrons. The van der Waals surface area contributed by atoms with Crippen LogP contribution in [0, 0.1) is 0 Å². The number of carbonyl (C=O) groups is 1. The van der Waals surface area contributed by atoms with Crippen molar-refractivity contribution in [2.45, 2.75) is 52.1 Å². The van der Waals surface area contributed by atoms with Crippen molar-refractivity contribution in [3.63, 3.8) is 0 Å². The van der Waals surface area contributed by atoms with E-state index in [0.29, 0.717) is 0 Å². The molecule has 106 valence electrons. The third-order valence-corrected chi connectivity index (χ3v) is 3.61. The average Bonchev–Trinajstić information content (AvgIpc) is 2.60. The van der Waals surface area contributed by atoms with Gasteiger partial charge in [-0.2, -0.15) is 0 Å². The van der Waals surface area contributed by atoms with Crippen LogP contribution in [0.4, 0.5) is 0 Å². The molecule has 0 saturated carbocycles. The number of nitrogens with zero attached hydrogens (tertiary/aromatic N) is 3. The topological polar surface area (TPSA) is 58.4 Å². The minimum Gasteiger partial charge on any atom is -0.475 e. The summed E-state index contributed by atoms with van der Waals surface area (Å²) in [6.07, 6.45) is 6.96. The highest BCUT2D eigenvalue weighted by atomic mass is 16.4. The van der Waals surface area contributed by atoms with Crippen molar-refractivity contribution in [1.82, 2.24) is 14.5 Å². The van der Waals surface area contributed by atoms with E-state index in [9.17, 15) is 9.90 Å². The van der Waals surface area contributed by atoms with Gasteiger partial charge in [-0.1, -0.05) is 12.8 Å². The lowest BCUT2D eigenvalue weighted by molar-refractivity contribution is 0.0676. The zero-order valence-electron chi connectivity index (χ0n) is 11.8. The van der Waals surface area contributed by atoms with Gasteiger partial charge in [0, 0.05) is 18.8 Å². The maximum absolute atomic E-state index is 11.2. The smallest absolute Gasteiger partial charge is 0.372 e. The Morgan fingerprint density at radius 1 is 1.32 bits per heavy atom. The van der Waals surface area contributed by atoms with Crippen LogP contribution in [0.3, 0.4) is 0 Å². The van der Waals surface area contributed by atoms with Gasteiger partial charge in [0.05, 0.1) is 5.69 Å². The van der Waals surface area contributed by atoms with E-state index in [-0.39, 0.29) is 11.9 Å². The highest BCUT2D eigenvalue weighted by Crippen LogP contribution is 2.16. The fourth-order valence-corrected chi connectivity index (χ4v) is 2.60. The molecule has 0 aromatic carbocycles. The number of likely N-dealkylation sites (tertiary alicyclic amines) is 1. The first-order valence-corrected chi connectivity index (χ1v) is 7.11. The van der Waals surface area contributed by atoms with Crippen molar-refractivity contribution in [2.75, 3.05) is 13.1 Å². The molecule has 1 N–H and O–H groups in total. The molecule has 0 spiro atoms. The first kappa shape index (κ1) is 14.1. The lowest BCUT2D eigenvalue weighted by atomic mass is 10.2. The molecule has 19 heavy (non-hydrogen) atoms. The van der Waals surface area contributed by atoms with Crippen molar-refractivity contribution in [2.24, 2.45) is 0 Å². The van der Waals surface area contributed by atoms with E-state index in [1.807, 2.05) is 20.0 Å². The second-order valence-corrected chi connectivity index (χ2v) is 5.55. The summed E-state index contributed by atoms with van der Waals surface area (Å²) in [5.41, 5.74) is 0.869. The number of aromatic carboxylic acids is 1. The van der Waals surface area contributed by atoms with Gasteiger partial charge < -0.3 is 9.67 Å². The number of hydrogen-bond acceptors (Lipinski definition) is 3. The Bertz CT molecular complexity index is 432. The average molecular weight is 265 g/mol. The molecule has 1 aliphatic rings. The normalized spacial score (nSPS) is 17.6. The van der Waals surface area contributed by atoms with Crippen molar-refractivity contribution < 1.29 is 9.90 Å². The molecule has 1 saturated heterocycles. The summed E-state index contributed by atoms with van der Waals surface area (Å²) in [7, 11) is 0. The molecule has 5 nitrogen and oxygen atoms in total. The molecule has 1 aliphatic heterocycles. The van der Waals surface area contributed by atoms with Crippen LogP contribution in [0.5, 0.6) is 0 Å². The van der Waals surface area contributed by atoms with Crippen LogP contribution in [0.2, 0.25) is 0 Å². The summed E-state index contributed by atoms with van der Waals surface area (Å²) < 4.78 is 1.75. The number of aromatic nitrogens is 2. The SMILES string of the molecule is CC(C)n1cc(CN2CCCCCC2)nc1C(=O)O. The highest BCUT2D eigenvalue weighted by molar-refractivity contribution is 5.83. The molecule has 1 fully saturated rings. The molecular weight excluding hydrogens is 242 g/mol. The van der Waals surface area contributed by atoms with Crippen molar-refractivity contribution >= 4 is 5.97 Å². The second-order valence-electron chi connectivity index (χ2n) is 5.55. The van der Waals surface area contributed by atoms with Gasteiger partial charge in [0.15, 0.2) is 0 Å². The van der Waals surface area contributed by atoms with Gasteiger partial charge in [0.2, 0.25) is 5.82 Å². The molecule has 5 heteroatoms. The van der Waals surface area contributed by atoms with Crippen molar-refractivity contribution in [1.29, 1.82) is 0 Å². The van der Waals surface area contributed by atoms with E-state index in [0.717, 1.165) is 25.3 Å². The lowest BCUT2D eigenvalue weighted by Crippen LogP contribution is -2.24. The van der Waals surface area contributed by atoms with Crippen LogP contribution < -0.4 is 0 Å². The summed E-state index contributed by atoms with van der Waals surface area (Å²) in [5.74, 6) is -0.796. The number of hydrogen-bond donors (Lipinski definition) is 1. The van der Waals surface area contributed by atoms with Crippen LogP contribution in [0.25, 0.3) is 0 Å². The van der Waals surface area contributed by atoms with Gasteiger partial charge in [-0.3, -0.25) is 4.90 Å². The van der Waals surface area contributed by atoms with Crippen molar-refractivity contribution in [3.05, 3.63) is 17.7 Å². The fourth-order valence-electron chi connectivity index (χ4n) is 2.60. The standard InChI is InChI=1S/C14H23N3O2/c1-11(2)17-10-12(15-13(17)14(18)19)9-16-7-5-3-4-6-8-16/h10-11H,3-9H2,1-2H3,(H,18,19). The molecule has 0 amide bonds. The van der Waals surface area contributed by atoms with Gasteiger partial charge in [-0.25, -0.2) is 9.78 Å². The molecule has 2 heterocycles. The zero-order chi connectivity index (χ0) is 13.8. The number of carboxylic acids is 1.